The molecule has 4 aromatic rings. The van der Waals surface area contributed by atoms with Crippen molar-refractivity contribution in [3.8, 4) is 17.2 Å². The van der Waals surface area contributed by atoms with Gasteiger partial charge in [0.2, 0.25) is 0 Å². The second kappa shape index (κ2) is 11.5. The van der Waals surface area contributed by atoms with Gasteiger partial charge in [-0.25, -0.2) is 4.39 Å². The van der Waals surface area contributed by atoms with Gasteiger partial charge < -0.3 is 14.6 Å². The third-order valence-electron chi connectivity index (χ3n) is 7.04. The summed E-state index contributed by atoms with van der Waals surface area (Å²) in [4.78, 5) is 28.4. The van der Waals surface area contributed by atoms with Gasteiger partial charge in [-0.3, -0.25) is 14.5 Å². The van der Waals surface area contributed by atoms with Gasteiger partial charge in [-0.05, 0) is 78.6 Å². The van der Waals surface area contributed by atoms with Crippen LogP contribution in [0.5, 0.6) is 17.2 Å². The van der Waals surface area contributed by atoms with E-state index in [1.54, 1.807) is 48.5 Å². The summed E-state index contributed by atoms with van der Waals surface area (Å²) < 4.78 is 26.2. The minimum atomic E-state index is -1.05. The molecular formula is C35H32FNO5. The Hall–Kier alpha value is -4.91. The fourth-order valence-corrected chi connectivity index (χ4v) is 5.11. The standard InChI is InChI=1S/C35H32FNO5/c1-5-41-29-18-17-23(20-28(29)35(2,3)4)32(38)30-31(37(34(40)33(30)39)25-13-10-12-24(36)21-25)22-11-9-16-27(19-22)42-26-14-7-6-8-15-26/h6-21,31,38H,5H2,1-4H3/b32-30+. The number of nitrogens with zero attached hydrogens (tertiary/aromatic N) is 1. The first-order valence-electron chi connectivity index (χ1n) is 13.8. The molecule has 5 rings (SSSR count). The third kappa shape index (κ3) is 5.63. The number of para-hydroxylation sites is 1. The Morgan fingerprint density at radius 2 is 1.60 bits per heavy atom. The zero-order chi connectivity index (χ0) is 30.0. The van der Waals surface area contributed by atoms with Gasteiger partial charge in [0.15, 0.2) is 0 Å². The number of benzene rings is 4. The molecule has 0 saturated carbocycles. The zero-order valence-corrected chi connectivity index (χ0v) is 23.9. The minimum absolute atomic E-state index is 0.106. The first kappa shape index (κ1) is 28.6. The van der Waals surface area contributed by atoms with E-state index in [1.165, 1.54) is 23.1 Å². The van der Waals surface area contributed by atoms with E-state index < -0.39 is 23.5 Å². The number of aliphatic hydroxyl groups excluding tert-OH is 1. The number of carbonyl (C=O) groups excluding carboxylic acids is 2. The molecule has 7 heteroatoms. The molecule has 1 aliphatic heterocycles. The number of amides is 1. The number of hydrogen-bond acceptors (Lipinski definition) is 5. The lowest BCUT2D eigenvalue weighted by molar-refractivity contribution is -0.132. The van der Waals surface area contributed by atoms with Gasteiger partial charge in [0.05, 0.1) is 18.2 Å². The van der Waals surface area contributed by atoms with E-state index in [4.69, 9.17) is 9.47 Å². The van der Waals surface area contributed by atoms with Crippen molar-refractivity contribution in [1.82, 2.24) is 0 Å². The molecule has 1 unspecified atom stereocenters. The average molecular weight is 566 g/mol. The second-order valence-electron chi connectivity index (χ2n) is 11.0. The number of rotatable bonds is 7. The van der Waals surface area contributed by atoms with Crippen molar-refractivity contribution in [3.05, 3.63) is 125 Å². The summed E-state index contributed by atoms with van der Waals surface area (Å²) in [6.07, 6.45) is 0. The van der Waals surface area contributed by atoms with Crippen molar-refractivity contribution in [2.45, 2.75) is 39.2 Å². The highest BCUT2D eigenvalue weighted by Crippen LogP contribution is 2.44. The van der Waals surface area contributed by atoms with Crippen LogP contribution in [0.15, 0.2) is 103 Å². The first-order chi connectivity index (χ1) is 20.1. The van der Waals surface area contributed by atoms with Crippen LogP contribution in [0.3, 0.4) is 0 Å². The third-order valence-corrected chi connectivity index (χ3v) is 7.04. The van der Waals surface area contributed by atoms with E-state index >= 15 is 0 Å². The summed E-state index contributed by atoms with van der Waals surface area (Å²) in [5, 5.41) is 11.7. The molecule has 4 aromatic carbocycles. The minimum Gasteiger partial charge on any atom is -0.507 e. The zero-order valence-electron chi connectivity index (χ0n) is 23.9. The van der Waals surface area contributed by atoms with Crippen LogP contribution in [0, 0.1) is 5.82 Å². The molecule has 0 spiro atoms. The maximum absolute atomic E-state index is 14.3. The van der Waals surface area contributed by atoms with E-state index in [0.29, 0.717) is 35.0 Å². The van der Waals surface area contributed by atoms with Gasteiger partial charge in [0, 0.05) is 16.8 Å². The molecule has 1 fully saturated rings. The van der Waals surface area contributed by atoms with Crippen LogP contribution >= 0.6 is 0 Å². The molecule has 1 saturated heterocycles. The molecular weight excluding hydrogens is 533 g/mol. The summed E-state index contributed by atoms with van der Waals surface area (Å²) in [6, 6.07) is 25.8. The number of carbonyl (C=O) groups is 2. The molecule has 1 N–H and O–H groups in total. The molecule has 1 atom stereocenters. The van der Waals surface area contributed by atoms with E-state index in [2.05, 4.69) is 0 Å². The lowest BCUT2D eigenvalue weighted by Crippen LogP contribution is -2.29. The second-order valence-corrected chi connectivity index (χ2v) is 11.0. The summed E-state index contributed by atoms with van der Waals surface area (Å²) in [6.45, 7) is 8.43. The topological polar surface area (TPSA) is 76.1 Å². The van der Waals surface area contributed by atoms with Crippen molar-refractivity contribution >= 4 is 23.1 Å². The SMILES string of the molecule is CCOc1ccc(/C(O)=C2\C(=O)C(=O)N(c3cccc(F)c3)C2c2cccc(Oc3ccccc3)c2)cc1C(C)(C)C. The molecule has 42 heavy (non-hydrogen) atoms. The number of ether oxygens (including phenoxy) is 2. The van der Waals surface area contributed by atoms with Crippen LogP contribution in [0.4, 0.5) is 10.1 Å². The van der Waals surface area contributed by atoms with Crippen LogP contribution in [-0.4, -0.2) is 23.4 Å². The summed E-state index contributed by atoms with van der Waals surface area (Å²) in [5.41, 5.74) is 1.46. The largest absolute Gasteiger partial charge is 0.507 e. The van der Waals surface area contributed by atoms with E-state index in [9.17, 15) is 19.1 Å². The van der Waals surface area contributed by atoms with Crippen LogP contribution in [0.1, 0.15) is 50.4 Å². The maximum atomic E-state index is 14.3. The Labute approximate surface area is 244 Å². The number of hydrogen-bond donors (Lipinski definition) is 1. The Morgan fingerprint density at radius 1 is 0.881 bits per heavy atom. The molecule has 214 valence electrons. The fraction of sp³-hybridized carbons (Fsp3) is 0.200. The van der Waals surface area contributed by atoms with Gasteiger partial charge in [-0.1, -0.05) is 57.2 Å². The maximum Gasteiger partial charge on any atom is 0.300 e. The Bertz CT molecular complexity index is 1670. The van der Waals surface area contributed by atoms with Crippen molar-refractivity contribution in [2.75, 3.05) is 11.5 Å². The normalized spacial score (nSPS) is 16.5. The summed E-state index contributed by atoms with van der Waals surface area (Å²) in [5.74, 6) is -0.886. The lowest BCUT2D eigenvalue weighted by Gasteiger charge is -2.26. The Morgan fingerprint density at radius 3 is 2.29 bits per heavy atom. The van der Waals surface area contributed by atoms with Crippen molar-refractivity contribution in [3.63, 3.8) is 0 Å². The smallest absolute Gasteiger partial charge is 0.300 e. The molecule has 1 heterocycles. The first-order valence-corrected chi connectivity index (χ1v) is 13.8. The number of Topliss-reactive ketones (excluding diaryl/α,β-unsaturated/α-hetero) is 1. The number of aliphatic hydroxyl groups is 1. The predicted molar refractivity (Wildman–Crippen MR) is 160 cm³/mol. The van der Waals surface area contributed by atoms with Crippen molar-refractivity contribution in [2.24, 2.45) is 0 Å². The van der Waals surface area contributed by atoms with Gasteiger partial charge >= 0.3 is 0 Å². The molecule has 0 bridgehead atoms. The van der Waals surface area contributed by atoms with E-state index in [1.807, 2.05) is 58.0 Å². The van der Waals surface area contributed by atoms with E-state index in [-0.39, 0.29) is 22.4 Å². The van der Waals surface area contributed by atoms with E-state index in [0.717, 1.165) is 5.56 Å². The Balaban J connectivity index is 1.69. The van der Waals surface area contributed by atoms with Gasteiger partial charge in [0.1, 0.15) is 28.8 Å². The molecule has 0 aliphatic carbocycles. The number of anilines is 1. The number of halogens is 1. The summed E-state index contributed by atoms with van der Waals surface area (Å²) in [7, 11) is 0. The average Bonchev–Trinajstić information content (AvgIpc) is 3.23. The Kier molecular flexibility index (Phi) is 7.85. The molecule has 0 radical (unpaired) electrons. The van der Waals surface area contributed by atoms with Crippen LogP contribution in [0.25, 0.3) is 5.76 Å². The molecule has 6 nitrogen and oxygen atoms in total. The van der Waals surface area contributed by atoms with Crippen molar-refractivity contribution in [1.29, 1.82) is 0 Å². The number of ketones is 1. The fourth-order valence-electron chi connectivity index (χ4n) is 5.11. The quantitative estimate of drug-likeness (QED) is 0.140. The van der Waals surface area contributed by atoms with Crippen molar-refractivity contribution < 1.29 is 28.6 Å². The molecule has 1 aliphatic rings. The molecule has 1 amide bonds. The van der Waals surface area contributed by atoms with Gasteiger partial charge in [-0.15, -0.1) is 0 Å². The predicted octanol–water partition coefficient (Wildman–Crippen LogP) is 7.94. The highest BCUT2D eigenvalue weighted by molar-refractivity contribution is 6.51. The highest BCUT2D eigenvalue weighted by Gasteiger charge is 2.47. The monoisotopic (exact) mass is 565 g/mol. The lowest BCUT2D eigenvalue weighted by atomic mass is 9.84. The molecule has 0 aromatic heterocycles. The van der Waals surface area contributed by atoms with Crippen LogP contribution in [0.2, 0.25) is 0 Å². The van der Waals surface area contributed by atoms with Gasteiger partial charge in [-0.2, -0.15) is 0 Å². The van der Waals surface area contributed by atoms with Gasteiger partial charge in [0.25, 0.3) is 11.7 Å². The highest BCUT2D eigenvalue weighted by atomic mass is 19.1. The summed E-state index contributed by atoms with van der Waals surface area (Å²) >= 11 is 0. The van der Waals surface area contributed by atoms with Crippen LogP contribution in [-0.2, 0) is 15.0 Å². The van der Waals surface area contributed by atoms with Crippen LogP contribution < -0.4 is 14.4 Å².